The van der Waals surface area contributed by atoms with E-state index in [4.69, 9.17) is 4.74 Å². The Morgan fingerprint density at radius 2 is 1.88 bits per heavy atom. The third-order valence-electron chi connectivity index (χ3n) is 4.27. The molecule has 6 heteroatoms. The van der Waals surface area contributed by atoms with Gasteiger partial charge in [0.25, 0.3) is 5.91 Å². The highest BCUT2D eigenvalue weighted by Crippen LogP contribution is 2.32. The molecule has 1 atom stereocenters. The number of carbonyl (C=O) groups excluding carboxylic acids is 2. The molecule has 138 valence electrons. The molecule has 0 unspecified atom stereocenters. The van der Waals surface area contributed by atoms with E-state index in [9.17, 15) is 9.59 Å². The van der Waals surface area contributed by atoms with E-state index in [2.05, 4.69) is 10.6 Å². The summed E-state index contributed by atoms with van der Waals surface area (Å²) >= 11 is 0. The van der Waals surface area contributed by atoms with Gasteiger partial charge in [0.1, 0.15) is 5.75 Å². The van der Waals surface area contributed by atoms with Crippen LogP contribution in [0.1, 0.15) is 40.5 Å². The van der Waals surface area contributed by atoms with Crippen molar-refractivity contribution in [2.24, 2.45) is 0 Å². The molecule has 0 saturated heterocycles. The molecular weight excluding hydrogens is 318 g/mol. The van der Waals surface area contributed by atoms with Crippen molar-refractivity contribution in [2.45, 2.75) is 58.7 Å². The van der Waals surface area contributed by atoms with Crippen LogP contribution in [0.5, 0.6) is 5.75 Å². The molecule has 0 fully saturated rings. The normalized spacial score (nSPS) is 16.4. The number of anilines is 1. The molecule has 6 nitrogen and oxygen atoms in total. The predicted molar refractivity (Wildman–Crippen MR) is 98.9 cm³/mol. The Labute approximate surface area is 149 Å². The van der Waals surface area contributed by atoms with E-state index in [-0.39, 0.29) is 30.4 Å². The van der Waals surface area contributed by atoms with Crippen molar-refractivity contribution in [1.29, 1.82) is 0 Å². The molecule has 0 aliphatic carbocycles. The van der Waals surface area contributed by atoms with Gasteiger partial charge in [0.05, 0.1) is 18.8 Å². The maximum absolute atomic E-state index is 12.6. The summed E-state index contributed by atoms with van der Waals surface area (Å²) in [7, 11) is 0. The summed E-state index contributed by atoms with van der Waals surface area (Å²) in [6.45, 7) is 8.51. The van der Waals surface area contributed by atoms with E-state index in [1.165, 1.54) is 0 Å². The minimum Gasteiger partial charge on any atom is -0.477 e. The molecule has 1 aliphatic heterocycles. The SMILES string of the molecule is CCC(CC)NC(=O)[C@@H]1CN(CC(=O)NC(C)C)c2ccccc2O1. The molecule has 0 saturated carbocycles. The zero-order chi connectivity index (χ0) is 18.4. The van der Waals surface area contributed by atoms with E-state index >= 15 is 0 Å². The summed E-state index contributed by atoms with van der Waals surface area (Å²) in [4.78, 5) is 26.7. The number of nitrogens with one attached hydrogen (secondary N) is 2. The molecule has 1 aromatic rings. The summed E-state index contributed by atoms with van der Waals surface area (Å²) in [5.74, 6) is 0.444. The third kappa shape index (κ3) is 5.11. The number of amides is 2. The minimum absolute atomic E-state index is 0.0640. The van der Waals surface area contributed by atoms with Crippen molar-refractivity contribution in [3.8, 4) is 5.75 Å². The van der Waals surface area contributed by atoms with Crippen LogP contribution in [-0.2, 0) is 9.59 Å². The molecule has 1 aliphatic rings. The van der Waals surface area contributed by atoms with Crippen molar-refractivity contribution in [2.75, 3.05) is 18.0 Å². The molecule has 2 amide bonds. The van der Waals surface area contributed by atoms with E-state index in [0.717, 1.165) is 18.5 Å². The second-order valence-electron chi connectivity index (χ2n) is 6.70. The molecule has 2 rings (SSSR count). The summed E-state index contributed by atoms with van der Waals surface area (Å²) in [5.41, 5.74) is 0.841. The van der Waals surface area contributed by atoms with E-state index in [0.29, 0.717) is 12.3 Å². The second-order valence-corrected chi connectivity index (χ2v) is 6.70. The van der Waals surface area contributed by atoms with E-state index in [1.807, 2.05) is 56.9 Å². The summed E-state index contributed by atoms with van der Waals surface area (Å²) in [5, 5.41) is 5.93. The first-order chi connectivity index (χ1) is 11.9. The highest BCUT2D eigenvalue weighted by molar-refractivity contribution is 5.86. The predicted octanol–water partition coefficient (Wildman–Crippen LogP) is 2.08. The molecule has 0 radical (unpaired) electrons. The Kier molecular flexibility index (Phi) is 6.67. The lowest BCUT2D eigenvalue weighted by atomic mass is 10.1. The van der Waals surface area contributed by atoms with Gasteiger partial charge in [-0.2, -0.15) is 0 Å². The number of benzene rings is 1. The zero-order valence-electron chi connectivity index (χ0n) is 15.5. The first kappa shape index (κ1) is 19.1. The van der Waals surface area contributed by atoms with Crippen molar-refractivity contribution in [1.82, 2.24) is 10.6 Å². The number of rotatable bonds is 7. The smallest absolute Gasteiger partial charge is 0.263 e. The highest BCUT2D eigenvalue weighted by Gasteiger charge is 2.32. The van der Waals surface area contributed by atoms with Gasteiger partial charge < -0.3 is 20.3 Å². The van der Waals surface area contributed by atoms with Crippen LogP contribution in [0, 0.1) is 0 Å². The van der Waals surface area contributed by atoms with Crippen LogP contribution in [0.2, 0.25) is 0 Å². The molecule has 25 heavy (non-hydrogen) atoms. The van der Waals surface area contributed by atoms with Gasteiger partial charge in [-0.3, -0.25) is 9.59 Å². The Hall–Kier alpha value is -2.24. The fourth-order valence-electron chi connectivity index (χ4n) is 2.92. The van der Waals surface area contributed by atoms with Crippen LogP contribution in [0.3, 0.4) is 0 Å². The van der Waals surface area contributed by atoms with Crippen LogP contribution >= 0.6 is 0 Å². The number of nitrogens with zero attached hydrogens (tertiary/aromatic N) is 1. The Morgan fingerprint density at radius 1 is 1.20 bits per heavy atom. The lowest BCUT2D eigenvalue weighted by Crippen LogP contribution is -2.53. The lowest BCUT2D eigenvalue weighted by Gasteiger charge is -2.35. The molecule has 0 aromatic heterocycles. The fraction of sp³-hybridized carbons (Fsp3) is 0.579. The highest BCUT2D eigenvalue weighted by atomic mass is 16.5. The van der Waals surface area contributed by atoms with Gasteiger partial charge in [0.15, 0.2) is 6.10 Å². The third-order valence-corrected chi connectivity index (χ3v) is 4.27. The largest absolute Gasteiger partial charge is 0.477 e. The van der Waals surface area contributed by atoms with Crippen molar-refractivity contribution < 1.29 is 14.3 Å². The topological polar surface area (TPSA) is 70.7 Å². The molecule has 1 aromatic carbocycles. The quantitative estimate of drug-likeness (QED) is 0.792. The number of carbonyl (C=O) groups is 2. The number of hydrogen-bond acceptors (Lipinski definition) is 4. The van der Waals surface area contributed by atoms with Crippen LogP contribution in [0.15, 0.2) is 24.3 Å². The fourth-order valence-corrected chi connectivity index (χ4v) is 2.92. The van der Waals surface area contributed by atoms with Crippen LogP contribution in [0.4, 0.5) is 5.69 Å². The second kappa shape index (κ2) is 8.74. The first-order valence-electron chi connectivity index (χ1n) is 9.04. The van der Waals surface area contributed by atoms with Gasteiger partial charge in [-0.05, 0) is 38.8 Å². The average Bonchev–Trinajstić information content (AvgIpc) is 2.58. The molecular formula is C19H29N3O3. The van der Waals surface area contributed by atoms with E-state index < -0.39 is 6.10 Å². The Morgan fingerprint density at radius 3 is 2.52 bits per heavy atom. The van der Waals surface area contributed by atoms with Crippen molar-refractivity contribution >= 4 is 17.5 Å². The first-order valence-corrected chi connectivity index (χ1v) is 9.04. The van der Waals surface area contributed by atoms with Gasteiger partial charge in [0.2, 0.25) is 5.91 Å². The van der Waals surface area contributed by atoms with Crippen molar-refractivity contribution in [3.63, 3.8) is 0 Å². The number of fused-ring (bicyclic) bond motifs is 1. The van der Waals surface area contributed by atoms with Gasteiger partial charge >= 0.3 is 0 Å². The van der Waals surface area contributed by atoms with Gasteiger partial charge in [0, 0.05) is 12.1 Å². The minimum atomic E-state index is -0.623. The van der Waals surface area contributed by atoms with Crippen LogP contribution < -0.4 is 20.3 Å². The summed E-state index contributed by atoms with van der Waals surface area (Å²) in [6.07, 6.45) is 1.14. The van der Waals surface area contributed by atoms with Gasteiger partial charge in [-0.25, -0.2) is 0 Å². The monoisotopic (exact) mass is 347 g/mol. The maximum atomic E-state index is 12.6. The average molecular weight is 347 g/mol. The van der Waals surface area contributed by atoms with Crippen molar-refractivity contribution in [3.05, 3.63) is 24.3 Å². The van der Waals surface area contributed by atoms with Crippen LogP contribution in [0.25, 0.3) is 0 Å². The lowest BCUT2D eigenvalue weighted by molar-refractivity contribution is -0.129. The zero-order valence-corrected chi connectivity index (χ0v) is 15.5. The summed E-state index contributed by atoms with van der Waals surface area (Å²) < 4.78 is 5.89. The number of para-hydroxylation sites is 2. The van der Waals surface area contributed by atoms with Gasteiger partial charge in [-0.1, -0.05) is 26.0 Å². The number of ether oxygens (including phenoxy) is 1. The standard InChI is InChI=1S/C19H29N3O3/c1-5-14(6-2)21-19(24)17-11-22(12-18(23)20-13(3)4)15-9-7-8-10-16(15)25-17/h7-10,13-14,17H,5-6,11-12H2,1-4H3,(H,20,23)(H,21,24)/t17-/m0/s1. The maximum Gasteiger partial charge on any atom is 0.263 e. The molecule has 0 bridgehead atoms. The Bertz CT molecular complexity index is 599. The molecule has 0 spiro atoms. The Balaban J connectivity index is 2.13. The number of hydrogen-bond donors (Lipinski definition) is 2. The molecule has 2 N–H and O–H groups in total. The van der Waals surface area contributed by atoms with Gasteiger partial charge in [-0.15, -0.1) is 0 Å². The van der Waals surface area contributed by atoms with Crippen LogP contribution in [-0.4, -0.2) is 43.1 Å². The van der Waals surface area contributed by atoms with E-state index in [1.54, 1.807) is 0 Å². The molecule has 1 heterocycles. The summed E-state index contributed by atoms with van der Waals surface area (Å²) in [6, 6.07) is 7.74.